The van der Waals surface area contributed by atoms with Crippen molar-refractivity contribution in [3.8, 4) is 0 Å². The van der Waals surface area contributed by atoms with Gasteiger partial charge in [0.05, 0.1) is 5.37 Å². The van der Waals surface area contributed by atoms with E-state index < -0.39 is 0 Å². The highest BCUT2D eigenvalue weighted by Gasteiger charge is 2.52. The van der Waals surface area contributed by atoms with Crippen molar-refractivity contribution >= 4 is 23.5 Å². The van der Waals surface area contributed by atoms with Gasteiger partial charge in [-0.15, -0.1) is 11.8 Å². The third kappa shape index (κ3) is 1.51. The molecule has 1 heterocycles. The van der Waals surface area contributed by atoms with E-state index in [1.165, 1.54) is 18.6 Å². The van der Waals surface area contributed by atoms with Gasteiger partial charge >= 0.3 is 0 Å². The van der Waals surface area contributed by atoms with Crippen molar-refractivity contribution < 1.29 is 0 Å². The molecule has 0 aromatic carbocycles. The second-order valence-electron chi connectivity index (χ2n) is 4.49. The summed E-state index contributed by atoms with van der Waals surface area (Å²) in [5.74, 6) is 1.26. The minimum absolute atomic E-state index is 0.362. The van der Waals surface area contributed by atoms with Gasteiger partial charge in [-0.2, -0.15) is 11.8 Å². The van der Waals surface area contributed by atoms with E-state index in [9.17, 15) is 0 Å². The Hall–Kier alpha value is 0.660. The standard InChI is InChI=1S/C9H17NS2/c1-8(2)6-12-7(10-8)9(11-3)4-5-9/h7,10H,4-6H2,1-3H3. The third-order valence-electron chi connectivity index (χ3n) is 2.76. The minimum atomic E-state index is 0.362. The fourth-order valence-electron chi connectivity index (χ4n) is 1.71. The van der Waals surface area contributed by atoms with Gasteiger partial charge in [0.1, 0.15) is 0 Å². The Morgan fingerprint density at radius 1 is 1.42 bits per heavy atom. The van der Waals surface area contributed by atoms with Crippen LogP contribution in [0.4, 0.5) is 0 Å². The first-order chi connectivity index (χ1) is 5.58. The molecule has 3 heteroatoms. The smallest absolute Gasteiger partial charge is 0.0685 e. The lowest BCUT2D eigenvalue weighted by molar-refractivity contribution is 0.438. The van der Waals surface area contributed by atoms with E-state index in [0.717, 1.165) is 0 Å². The fourth-order valence-corrected chi connectivity index (χ4v) is 4.59. The maximum absolute atomic E-state index is 3.73. The molecule has 12 heavy (non-hydrogen) atoms. The van der Waals surface area contributed by atoms with E-state index in [1.54, 1.807) is 0 Å². The third-order valence-corrected chi connectivity index (χ3v) is 6.16. The molecule has 1 N–H and O–H groups in total. The molecule has 1 aliphatic heterocycles. The van der Waals surface area contributed by atoms with Gasteiger partial charge < -0.3 is 0 Å². The monoisotopic (exact) mass is 203 g/mol. The van der Waals surface area contributed by atoms with Crippen LogP contribution in [-0.4, -0.2) is 27.7 Å². The molecule has 1 atom stereocenters. The predicted molar refractivity (Wildman–Crippen MR) is 58.9 cm³/mol. The number of nitrogens with one attached hydrogen (secondary N) is 1. The molecule has 0 bridgehead atoms. The highest BCUT2D eigenvalue weighted by molar-refractivity contribution is 8.04. The van der Waals surface area contributed by atoms with Crippen molar-refractivity contribution in [3.05, 3.63) is 0 Å². The summed E-state index contributed by atoms with van der Waals surface area (Å²) >= 11 is 4.16. The van der Waals surface area contributed by atoms with Gasteiger partial charge in [0.15, 0.2) is 0 Å². The molecular formula is C9H17NS2. The highest BCUT2D eigenvalue weighted by atomic mass is 32.2. The number of hydrogen-bond donors (Lipinski definition) is 1. The zero-order valence-corrected chi connectivity index (χ0v) is 9.65. The lowest BCUT2D eigenvalue weighted by atomic mass is 10.1. The first-order valence-electron chi connectivity index (χ1n) is 4.52. The van der Waals surface area contributed by atoms with Crippen LogP contribution < -0.4 is 5.32 Å². The summed E-state index contributed by atoms with van der Waals surface area (Å²) in [7, 11) is 0. The van der Waals surface area contributed by atoms with Crippen LogP contribution in [0.25, 0.3) is 0 Å². The van der Waals surface area contributed by atoms with E-state index in [4.69, 9.17) is 0 Å². The molecule has 1 saturated carbocycles. The molecular weight excluding hydrogens is 186 g/mol. The van der Waals surface area contributed by atoms with Crippen LogP contribution in [0.1, 0.15) is 26.7 Å². The topological polar surface area (TPSA) is 12.0 Å². The van der Waals surface area contributed by atoms with Crippen molar-refractivity contribution in [2.45, 2.75) is 42.3 Å². The number of thioether (sulfide) groups is 2. The summed E-state index contributed by atoms with van der Waals surface area (Å²) in [6.45, 7) is 4.60. The van der Waals surface area contributed by atoms with Crippen molar-refractivity contribution in [2.75, 3.05) is 12.0 Å². The minimum Gasteiger partial charge on any atom is -0.298 e. The molecule has 0 aromatic rings. The van der Waals surface area contributed by atoms with Crippen LogP contribution in [0.5, 0.6) is 0 Å². The van der Waals surface area contributed by atoms with Crippen LogP contribution in [-0.2, 0) is 0 Å². The van der Waals surface area contributed by atoms with Crippen molar-refractivity contribution in [1.82, 2.24) is 5.32 Å². The molecule has 1 nitrogen and oxygen atoms in total. The van der Waals surface area contributed by atoms with Crippen LogP contribution in [0.15, 0.2) is 0 Å². The lowest BCUT2D eigenvalue weighted by Crippen LogP contribution is -2.43. The average molecular weight is 203 g/mol. The molecule has 1 unspecified atom stereocenters. The molecule has 2 fully saturated rings. The molecule has 2 rings (SSSR count). The average Bonchev–Trinajstić information content (AvgIpc) is 2.72. The van der Waals surface area contributed by atoms with Gasteiger partial charge in [0.25, 0.3) is 0 Å². The van der Waals surface area contributed by atoms with E-state index >= 15 is 0 Å². The summed E-state index contributed by atoms with van der Waals surface area (Å²) in [5, 5.41) is 4.44. The Morgan fingerprint density at radius 3 is 2.42 bits per heavy atom. The highest BCUT2D eigenvalue weighted by Crippen LogP contribution is 2.55. The molecule has 70 valence electrons. The van der Waals surface area contributed by atoms with Crippen LogP contribution >= 0.6 is 23.5 Å². The predicted octanol–water partition coefficient (Wildman–Crippen LogP) is 2.32. The largest absolute Gasteiger partial charge is 0.298 e. The van der Waals surface area contributed by atoms with E-state index in [1.807, 2.05) is 0 Å². The van der Waals surface area contributed by atoms with Gasteiger partial charge in [-0.1, -0.05) is 0 Å². The summed E-state index contributed by atoms with van der Waals surface area (Å²) < 4.78 is 0.596. The summed E-state index contributed by atoms with van der Waals surface area (Å²) in [4.78, 5) is 0. The zero-order chi connectivity index (χ0) is 8.82. The van der Waals surface area contributed by atoms with Crippen molar-refractivity contribution in [1.29, 1.82) is 0 Å². The summed E-state index contributed by atoms with van der Waals surface area (Å²) in [6, 6.07) is 0. The molecule has 0 spiro atoms. The van der Waals surface area contributed by atoms with E-state index in [-0.39, 0.29) is 0 Å². The molecule has 1 aliphatic carbocycles. The van der Waals surface area contributed by atoms with Crippen molar-refractivity contribution in [2.24, 2.45) is 0 Å². The Kier molecular flexibility index (Phi) is 2.17. The van der Waals surface area contributed by atoms with Gasteiger partial charge in [-0.3, -0.25) is 5.32 Å². The lowest BCUT2D eigenvalue weighted by Gasteiger charge is -2.24. The first-order valence-corrected chi connectivity index (χ1v) is 6.80. The Balaban J connectivity index is 2.00. The zero-order valence-electron chi connectivity index (χ0n) is 8.02. The molecule has 0 radical (unpaired) electrons. The fraction of sp³-hybridized carbons (Fsp3) is 1.00. The maximum atomic E-state index is 3.73. The van der Waals surface area contributed by atoms with Gasteiger partial charge in [-0.05, 0) is 32.9 Å². The summed E-state index contributed by atoms with van der Waals surface area (Å²) in [6.07, 6.45) is 5.07. The first kappa shape index (κ1) is 9.22. The van der Waals surface area contributed by atoms with E-state index in [0.29, 0.717) is 15.7 Å². The van der Waals surface area contributed by atoms with Gasteiger partial charge in [0, 0.05) is 16.0 Å². The summed E-state index contributed by atoms with van der Waals surface area (Å²) in [5.41, 5.74) is 0.362. The molecule has 0 amide bonds. The quantitative estimate of drug-likeness (QED) is 0.740. The van der Waals surface area contributed by atoms with Crippen LogP contribution in [0.2, 0.25) is 0 Å². The maximum Gasteiger partial charge on any atom is 0.0685 e. The van der Waals surface area contributed by atoms with Gasteiger partial charge in [0.2, 0.25) is 0 Å². The van der Waals surface area contributed by atoms with Crippen LogP contribution in [0, 0.1) is 0 Å². The van der Waals surface area contributed by atoms with Gasteiger partial charge in [-0.25, -0.2) is 0 Å². The normalized spacial score (nSPS) is 36.8. The Bertz CT molecular complexity index is 187. The van der Waals surface area contributed by atoms with E-state index in [2.05, 4.69) is 48.9 Å². The molecule has 1 saturated heterocycles. The molecule has 0 aromatic heterocycles. The number of rotatable bonds is 2. The second-order valence-corrected chi connectivity index (χ2v) is 6.80. The Labute approximate surface area is 83.4 Å². The van der Waals surface area contributed by atoms with Crippen LogP contribution in [0.3, 0.4) is 0 Å². The molecule has 2 aliphatic rings. The van der Waals surface area contributed by atoms with Crippen molar-refractivity contribution in [3.63, 3.8) is 0 Å². The SMILES string of the molecule is CSC1(C2NC(C)(C)CS2)CC1. The second kappa shape index (κ2) is 2.82. The number of hydrogen-bond acceptors (Lipinski definition) is 3. The Morgan fingerprint density at radius 2 is 2.08 bits per heavy atom.